The Morgan fingerprint density at radius 3 is 2.45 bits per heavy atom. The second-order valence-electron chi connectivity index (χ2n) is 10.3. The summed E-state index contributed by atoms with van der Waals surface area (Å²) in [6.07, 6.45) is 2.64. The minimum absolute atomic E-state index is 0.104. The Morgan fingerprint density at radius 1 is 1.11 bits per heavy atom. The lowest BCUT2D eigenvalue weighted by molar-refractivity contribution is -0.201. The summed E-state index contributed by atoms with van der Waals surface area (Å²) < 4.78 is 24.0. The Morgan fingerprint density at radius 2 is 1.79 bits per heavy atom. The number of carbonyl (C=O) groups is 4. The highest BCUT2D eigenvalue weighted by Crippen LogP contribution is 2.68. The number of carboxylic acid groups (broad SMARTS) is 2. The number of ether oxygens (including phenoxy) is 4. The molecule has 2 bridgehead atoms. The molecule has 4 aliphatic rings. The van der Waals surface area contributed by atoms with Crippen LogP contribution in [0.3, 0.4) is 0 Å². The van der Waals surface area contributed by atoms with E-state index in [0.29, 0.717) is 24.3 Å². The van der Waals surface area contributed by atoms with E-state index in [2.05, 4.69) is 0 Å². The van der Waals surface area contributed by atoms with Gasteiger partial charge in [0.25, 0.3) is 0 Å². The molecule has 5 rings (SSSR count). The highest BCUT2D eigenvalue weighted by Gasteiger charge is 2.73. The molecule has 0 unspecified atom stereocenters. The summed E-state index contributed by atoms with van der Waals surface area (Å²) >= 11 is 0. The molecule has 1 saturated carbocycles. The molecule has 0 radical (unpaired) electrons. The molecule has 0 saturated heterocycles. The molecule has 6 N–H and O–H groups in total. The molecule has 1 aromatic rings. The van der Waals surface area contributed by atoms with E-state index >= 15 is 0 Å². The van der Waals surface area contributed by atoms with Crippen LogP contribution in [-0.2, 0) is 40.5 Å². The molecule has 0 amide bonds. The SMILES string of the molecule is COc1ccc2c3c1O[C@@H]1C(OC(=O)C[C@H](N)C(=O)O)=CC[C@]4(OC(=O)C[C@H](N)C(=O)O)[C@@H](CCC[C@@]314)C2. The summed E-state index contributed by atoms with van der Waals surface area (Å²) in [4.78, 5) is 48.2. The van der Waals surface area contributed by atoms with E-state index < -0.39 is 65.9 Å². The number of nitrogens with two attached hydrogens (primary N) is 2. The molecular formula is C26H30N2O10. The fourth-order valence-electron chi connectivity index (χ4n) is 6.82. The van der Waals surface area contributed by atoms with E-state index in [0.717, 1.165) is 24.0 Å². The Bertz CT molecular complexity index is 1240. The Kier molecular flexibility index (Phi) is 6.35. The standard InChI is InChI=1S/C26H30N2O10/c1-35-16-5-4-12-9-13-3-2-7-25-20(12)21(16)37-22(25)17(36-18(29)10-14(27)23(31)32)6-8-26(13,25)38-19(30)11-15(28)24(33)34/h4-6,13-15,22H,2-3,7-11,27-28H2,1H3,(H,31,32)(H,33,34)/t13-,14-,15-,22+,25+,26-/m0/s1. The molecule has 204 valence electrons. The first-order valence-corrected chi connectivity index (χ1v) is 12.5. The first-order chi connectivity index (χ1) is 18.0. The van der Waals surface area contributed by atoms with E-state index in [-0.39, 0.29) is 18.1 Å². The lowest BCUT2D eigenvalue weighted by Crippen LogP contribution is -2.69. The summed E-state index contributed by atoms with van der Waals surface area (Å²) in [7, 11) is 1.51. The molecule has 12 heteroatoms. The molecule has 1 aliphatic heterocycles. The predicted octanol–water partition coefficient (Wildman–Crippen LogP) is 0.767. The van der Waals surface area contributed by atoms with Crippen molar-refractivity contribution in [2.45, 2.75) is 74.1 Å². The van der Waals surface area contributed by atoms with Crippen molar-refractivity contribution in [3.8, 4) is 11.5 Å². The van der Waals surface area contributed by atoms with Gasteiger partial charge in [-0.2, -0.15) is 0 Å². The maximum Gasteiger partial charge on any atom is 0.321 e. The highest BCUT2D eigenvalue weighted by molar-refractivity contribution is 5.82. The number of hydrogen-bond donors (Lipinski definition) is 4. The van der Waals surface area contributed by atoms with Crippen molar-refractivity contribution >= 4 is 23.9 Å². The first-order valence-electron chi connectivity index (χ1n) is 12.5. The predicted molar refractivity (Wildman–Crippen MR) is 128 cm³/mol. The van der Waals surface area contributed by atoms with Crippen LogP contribution >= 0.6 is 0 Å². The molecule has 1 heterocycles. The molecule has 38 heavy (non-hydrogen) atoms. The topological polar surface area (TPSA) is 198 Å². The Labute approximate surface area is 217 Å². The molecule has 1 aromatic carbocycles. The van der Waals surface area contributed by atoms with Crippen LogP contribution in [0.2, 0.25) is 0 Å². The van der Waals surface area contributed by atoms with Crippen molar-refractivity contribution in [3.63, 3.8) is 0 Å². The third-order valence-corrected chi connectivity index (χ3v) is 8.36. The summed E-state index contributed by atoms with van der Waals surface area (Å²) in [5.41, 5.74) is 11.0. The fraction of sp³-hybridized carbons (Fsp3) is 0.538. The van der Waals surface area contributed by atoms with Gasteiger partial charge in [0.15, 0.2) is 17.6 Å². The van der Waals surface area contributed by atoms with Gasteiger partial charge in [-0.3, -0.25) is 19.2 Å². The zero-order valence-corrected chi connectivity index (χ0v) is 20.8. The van der Waals surface area contributed by atoms with Crippen LogP contribution in [0, 0.1) is 5.92 Å². The minimum atomic E-state index is -1.43. The van der Waals surface area contributed by atoms with E-state index in [9.17, 15) is 24.3 Å². The van der Waals surface area contributed by atoms with Crippen molar-refractivity contribution < 1.29 is 48.3 Å². The van der Waals surface area contributed by atoms with Crippen LogP contribution in [0.25, 0.3) is 0 Å². The monoisotopic (exact) mass is 530 g/mol. The minimum Gasteiger partial charge on any atom is -0.493 e. The second kappa shape index (κ2) is 9.28. The number of methoxy groups -OCH3 is 1. The molecular weight excluding hydrogens is 500 g/mol. The van der Waals surface area contributed by atoms with E-state index in [1.807, 2.05) is 12.1 Å². The molecule has 1 spiro atoms. The lowest BCUT2D eigenvalue weighted by Gasteiger charge is -2.60. The smallest absolute Gasteiger partial charge is 0.321 e. The van der Waals surface area contributed by atoms with E-state index in [1.165, 1.54) is 7.11 Å². The third kappa shape index (κ3) is 3.73. The summed E-state index contributed by atoms with van der Waals surface area (Å²) in [5.74, 6) is -3.16. The molecule has 3 aliphatic carbocycles. The second-order valence-corrected chi connectivity index (χ2v) is 10.3. The van der Waals surface area contributed by atoms with Gasteiger partial charge in [-0.15, -0.1) is 0 Å². The molecule has 12 nitrogen and oxygen atoms in total. The maximum absolute atomic E-state index is 13.1. The number of carboxylic acids is 2. The van der Waals surface area contributed by atoms with E-state index in [4.69, 9.17) is 35.5 Å². The number of carbonyl (C=O) groups excluding carboxylic acids is 2. The Hall–Kier alpha value is -3.64. The number of hydrogen-bond acceptors (Lipinski definition) is 10. The van der Waals surface area contributed by atoms with Crippen LogP contribution < -0.4 is 20.9 Å². The average molecular weight is 531 g/mol. The van der Waals surface area contributed by atoms with Crippen LogP contribution in [-0.4, -0.2) is 65.0 Å². The molecule has 0 aromatic heterocycles. The largest absolute Gasteiger partial charge is 0.493 e. The lowest BCUT2D eigenvalue weighted by atomic mass is 9.46. The van der Waals surface area contributed by atoms with Crippen LogP contribution in [0.15, 0.2) is 24.0 Å². The number of benzene rings is 1. The van der Waals surface area contributed by atoms with Gasteiger partial charge in [-0.05, 0) is 37.0 Å². The van der Waals surface area contributed by atoms with Gasteiger partial charge in [-0.25, -0.2) is 0 Å². The number of rotatable bonds is 9. The van der Waals surface area contributed by atoms with Crippen molar-refractivity contribution in [2.75, 3.05) is 7.11 Å². The maximum atomic E-state index is 13.1. The summed E-state index contributed by atoms with van der Waals surface area (Å²) in [6, 6.07) is 0.938. The Balaban J connectivity index is 1.59. The molecule has 1 fully saturated rings. The van der Waals surface area contributed by atoms with Gasteiger partial charge in [0, 0.05) is 17.9 Å². The number of aliphatic carboxylic acids is 2. The van der Waals surface area contributed by atoms with Crippen molar-refractivity contribution in [2.24, 2.45) is 17.4 Å². The fourth-order valence-corrected chi connectivity index (χ4v) is 6.82. The first kappa shape index (κ1) is 26.0. The summed E-state index contributed by atoms with van der Waals surface area (Å²) in [5, 5.41) is 18.3. The quantitative estimate of drug-likeness (QED) is 0.328. The third-order valence-electron chi connectivity index (χ3n) is 8.36. The van der Waals surface area contributed by atoms with Gasteiger partial charge in [0.2, 0.25) is 0 Å². The van der Waals surface area contributed by atoms with Crippen LogP contribution in [0.1, 0.15) is 49.7 Å². The number of esters is 2. The van der Waals surface area contributed by atoms with Crippen molar-refractivity contribution in [1.29, 1.82) is 0 Å². The normalized spacial score (nSPS) is 29.6. The van der Waals surface area contributed by atoms with Gasteiger partial charge in [0.1, 0.15) is 23.4 Å². The van der Waals surface area contributed by atoms with Crippen molar-refractivity contribution in [1.82, 2.24) is 0 Å². The van der Waals surface area contributed by atoms with Crippen LogP contribution in [0.4, 0.5) is 0 Å². The van der Waals surface area contributed by atoms with Crippen LogP contribution in [0.5, 0.6) is 11.5 Å². The van der Waals surface area contributed by atoms with Gasteiger partial charge in [0.05, 0.1) is 25.4 Å². The van der Waals surface area contributed by atoms with Crippen molar-refractivity contribution in [3.05, 3.63) is 35.1 Å². The van der Waals surface area contributed by atoms with Gasteiger partial charge < -0.3 is 40.6 Å². The zero-order valence-electron chi connectivity index (χ0n) is 20.8. The molecule has 6 atom stereocenters. The average Bonchev–Trinajstić information content (AvgIpc) is 3.20. The zero-order chi connectivity index (χ0) is 27.4. The summed E-state index contributed by atoms with van der Waals surface area (Å²) in [6.45, 7) is 0. The van der Waals surface area contributed by atoms with E-state index in [1.54, 1.807) is 6.08 Å². The van der Waals surface area contributed by atoms with Gasteiger partial charge >= 0.3 is 23.9 Å². The highest BCUT2D eigenvalue weighted by atomic mass is 16.6. The van der Waals surface area contributed by atoms with Gasteiger partial charge in [-0.1, -0.05) is 12.5 Å².